The summed E-state index contributed by atoms with van der Waals surface area (Å²) >= 11 is 0. The first-order valence-corrected chi connectivity index (χ1v) is 5.60. The summed E-state index contributed by atoms with van der Waals surface area (Å²) in [4.78, 5) is 0. The molecular formula is C12H14N2O2. The molecule has 1 aliphatic carbocycles. The van der Waals surface area contributed by atoms with Gasteiger partial charge in [0, 0.05) is 29.3 Å². The molecule has 1 saturated carbocycles. The summed E-state index contributed by atoms with van der Waals surface area (Å²) in [6.45, 7) is 0.157. The summed E-state index contributed by atoms with van der Waals surface area (Å²) in [5.74, 6) is 0.620. The van der Waals surface area contributed by atoms with E-state index in [4.69, 9.17) is 9.52 Å². The van der Waals surface area contributed by atoms with Gasteiger partial charge in [0.25, 0.3) is 0 Å². The van der Waals surface area contributed by atoms with Crippen LogP contribution < -0.4 is 0 Å². The van der Waals surface area contributed by atoms with E-state index in [0.717, 1.165) is 16.8 Å². The molecule has 0 radical (unpaired) electrons. The van der Waals surface area contributed by atoms with Gasteiger partial charge in [-0.3, -0.25) is 5.10 Å². The Morgan fingerprint density at radius 3 is 3.00 bits per heavy atom. The van der Waals surface area contributed by atoms with Crippen molar-refractivity contribution in [2.24, 2.45) is 0 Å². The molecule has 0 saturated heterocycles. The highest BCUT2D eigenvalue weighted by Gasteiger charge is 2.29. The van der Waals surface area contributed by atoms with Crippen LogP contribution in [0.3, 0.4) is 0 Å². The molecule has 2 N–H and O–H groups in total. The zero-order valence-corrected chi connectivity index (χ0v) is 8.94. The van der Waals surface area contributed by atoms with E-state index < -0.39 is 0 Å². The number of H-pyrrole nitrogens is 1. The van der Waals surface area contributed by atoms with Gasteiger partial charge in [-0.1, -0.05) is 0 Å². The number of nitrogens with zero attached hydrogens (tertiary/aromatic N) is 1. The summed E-state index contributed by atoms with van der Waals surface area (Å²) < 4.78 is 5.07. The van der Waals surface area contributed by atoms with Crippen LogP contribution in [0, 0.1) is 0 Å². The van der Waals surface area contributed by atoms with Crippen LogP contribution in [0.25, 0.3) is 11.3 Å². The molecule has 84 valence electrons. The second-order valence-corrected chi connectivity index (χ2v) is 4.22. The smallest absolute Gasteiger partial charge is 0.0997 e. The molecule has 0 aromatic carbocycles. The minimum absolute atomic E-state index is 0.157. The molecule has 1 fully saturated rings. The lowest BCUT2D eigenvalue weighted by Crippen LogP contribution is -1.95. The van der Waals surface area contributed by atoms with Crippen molar-refractivity contribution in [2.45, 2.75) is 25.2 Å². The molecule has 0 amide bonds. The SMILES string of the molecule is OCCc1c(-c2ccoc2)n[nH]c1C1CC1. The van der Waals surface area contributed by atoms with E-state index in [1.165, 1.54) is 18.5 Å². The summed E-state index contributed by atoms with van der Waals surface area (Å²) in [5, 5.41) is 16.6. The molecular weight excluding hydrogens is 204 g/mol. The van der Waals surface area contributed by atoms with E-state index in [9.17, 15) is 0 Å². The van der Waals surface area contributed by atoms with Gasteiger partial charge < -0.3 is 9.52 Å². The van der Waals surface area contributed by atoms with Crippen LogP contribution in [0.15, 0.2) is 23.0 Å². The normalized spacial score (nSPS) is 15.6. The van der Waals surface area contributed by atoms with E-state index in [1.54, 1.807) is 12.5 Å². The molecule has 2 aromatic heterocycles. The molecule has 2 heterocycles. The molecule has 2 aromatic rings. The topological polar surface area (TPSA) is 62.1 Å². The molecule has 3 rings (SSSR count). The van der Waals surface area contributed by atoms with Gasteiger partial charge in [-0.25, -0.2) is 0 Å². The maximum atomic E-state index is 9.12. The fourth-order valence-electron chi connectivity index (χ4n) is 2.09. The molecule has 0 bridgehead atoms. The quantitative estimate of drug-likeness (QED) is 0.825. The average molecular weight is 218 g/mol. The maximum absolute atomic E-state index is 9.12. The number of hydrogen-bond donors (Lipinski definition) is 2. The van der Waals surface area contributed by atoms with Crippen molar-refractivity contribution in [1.29, 1.82) is 0 Å². The van der Waals surface area contributed by atoms with Crippen LogP contribution in [0.5, 0.6) is 0 Å². The Hall–Kier alpha value is -1.55. The van der Waals surface area contributed by atoms with Crippen LogP contribution >= 0.6 is 0 Å². The first kappa shape index (κ1) is 9.66. The number of rotatable bonds is 4. The van der Waals surface area contributed by atoms with Crippen molar-refractivity contribution >= 4 is 0 Å². The molecule has 0 spiro atoms. The first-order valence-electron chi connectivity index (χ1n) is 5.60. The zero-order valence-electron chi connectivity index (χ0n) is 8.94. The Kier molecular flexibility index (Phi) is 2.29. The molecule has 4 heteroatoms. The van der Waals surface area contributed by atoms with Crippen molar-refractivity contribution < 1.29 is 9.52 Å². The van der Waals surface area contributed by atoms with E-state index in [-0.39, 0.29) is 6.61 Å². The summed E-state index contributed by atoms with van der Waals surface area (Å²) in [6, 6.07) is 1.90. The Bertz CT molecular complexity index is 469. The average Bonchev–Trinajstić information content (AvgIpc) is 2.84. The zero-order chi connectivity index (χ0) is 11.0. The number of furan rings is 1. The number of nitrogens with one attached hydrogen (secondary N) is 1. The van der Waals surface area contributed by atoms with Crippen molar-refractivity contribution in [3.63, 3.8) is 0 Å². The van der Waals surface area contributed by atoms with Gasteiger partial charge >= 0.3 is 0 Å². The fraction of sp³-hybridized carbons (Fsp3) is 0.417. The highest BCUT2D eigenvalue weighted by molar-refractivity contribution is 5.63. The van der Waals surface area contributed by atoms with E-state index >= 15 is 0 Å². The van der Waals surface area contributed by atoms with E-state index in [2.05, 4.69) is 10.2 Å². The van der Waals surface area contributed by atoms with Crippen LogP contribution in [0.1, 0.15) is 30.0 Å². The third-order valence-electron chi connectivity index (χ3n) is 3.04. The van der Waals surface area contributed by atoms with Crippen molar-refractivity contribution in [2.75, 3.05) is 6.61 Å². The van der Waals surface area contributed by atoms with E-state index in [1.807, 2.05) is 6.07 Å². The number of aromatic nitrogens is 2. The summed E-state index contributed by atoms with van der Waals surface area (Å²) in [5.41, 5.74) is 4.24. The molecule has 0 aliphatic heterocycles. The van der Waals surface area contributed by atoms with Crippen LogP contribution in [-0.4, -0.2) is 21.9 Å². The minimum Gasteiger partial charge on any atom is -0.472 e. The molecule has 0 unspecified atom stereocenters. The van der Waals surface area contributed by atoms with Crippen molar-refractivity contribution in [1.82, 2.24) is 10.2 Å². The third kappa shape index (κ3) is 1.55. The highest BCUT2D eigenvalue weighted by atomic mass is 16.3. The van der Waals surface area contributed by atoms with Crippen LogP contribution in [0.4, 0.5) is 0 Å². The Labute approximate surface area is 93.3 Å². The Balaban J connectivity index is 2.03. The second-order valence-electron chi connectivity index (χ2n) is 4.22. The van der Waals surface area contributed by atoms with Crippen LogP contribution in [0.2, 0.25) is 0 Å². The Morgan fingerprint density at radius 2 is 2.38 bits per heavy atom. The second kappa shape index (κ2) is 3.79. The predicted octanol–water partition coefficient (Wildman–Crippen LogP) is 2.08. The van der Waals surface area contributed by atoms with Gasteiger partial charge in [-0.05, 0) is 25.3 Å². The lowest BCUT2D eigenvalue weighted by atomic mass is 10.0. The predicted molar refractivity (Wildman–Crippen MR) is 59.1 cm³/mol. The Morgan fingerprint density at radius 1 is 1.50 bits per heavy atom. The first-order chi connectivity index (χ1) is 7.90. The minimum atomic E-state index is 0.157. The number of aliphatic hydroxyl groups is 1. The summed E-state index contributed by atoms with van der Waals surface area (Å²) in [7, 11) is 0. The van der Waals surface area contributed by atoms with Crippen molar-refractivity contribution in [3.05, 3.63) is 29.9 Å². The number of hydrogen-bond acceptors (Lipinski definition) is 3. The fourth-order valence-corrected chi connectivity index (χ4v) is 2.09. The van der Waals surface area contributed by atoms with Gasteiger partial charge in [0.1, 0.15) is 0 Å². The van der Waals surface area contributed by atoms with E-state index in [0.29, 0.717) is 12.3 Å². The summed E-state index contributed by atoms with van der Waals surface area (Å²) in [6.07, 6.45) is 6.44. The third-order valence-corrected chi connectivity index (χ3v) is 3.04. The van der Waals surface area contributed by atoms with Gasteiger partial charge in [0.15, 0.2) is 0 Å². The van der Waals surface area contributed by atoms with Gasteiger partial charge in [0.2, 0.25) is 0 Å². The van der Waals surface area contributed by atoms with Gasteiger partial charge in [0.05, 0.1) is 18.2 Å². The van der Waals surface area contributed by atoms with Crippen LogP contribution in [-0.2, 0) is 6.42 Å². The molecule has 16 heavy (non-hydrogen) atoms. The lowest BCUT2D eigenvalue weighted by Gasteiger charge is -2.01. The maximum Gasteiger partial charge on any atom is 0.0997 e. The number of aromatic amines is 1. The largest absolute Gasteiger partial charge is 0.472 e. The monoisotopic (exact) mass is 218 g/mol. The lowest BCUT2D eigenvalue weighted by molar-refractivity contribution is 0.299. The standard InChI is InChI=1S/C12H14N2O2/c15-5-3-10-11(8-1-2-8)13-14-12(10)9-4-6-16-7-9/h4,6-8,15H,1-3,5H2,(H,13,14). The highest BCUT2D eigenvalue weighted by Crippen LogP contribution is 2.42. The van der Waals surface area contributed by atoms with Gasteiger partial charge in [-0.2, -0.15) is 5.10 Å². The van der Waals surface area contributed by atoms with Gasteiger partial charge in [-0.15, -0.1) is 0 Å². The van der Waals surface area contributed by atoms with Crippen molar-refractivity contribution in [3.8, 4) is 11.3 Å². The number of aliphatic hydroxyl groups excluding tert-OH is 1. The molecule has 1 aliphatic rings. The molecule has 0 atom stereocenters. The molecule has 4 nitrogen and oxygen atoms in total.